The maximum absolute atomic E-state index is 11.1. The standard InChI is InChI=1S/C17H16O6/c1-20-14-7-3-5-12(9-18)16(14)22-11-23-17-13(10-19)6-4-8-15(17)21-2/h3-10H,11H2,1-2H3. The first-order valence-corrected chi connectivity index (χ1v) is 6.75. The maximum atomic E-state index is 11.1. The van der Waals surface area contributed by atoms with Crippen molar-refractivity contribution in [3.63, 3.8) is 0 Å². The Morgan fingerprint density at radius 2 is 1.22 bits per heavy atom. The molecule has 2 aromatic rings. The summed E-state index contributed by atoms with van der Waals surface area (Å²) < 4.78 is 21.3. The zero-order valence-electron chi connectivity index (χ0n) is 12.8. The SMILES string of the molecule is COc1cccc(C=O)c1OCOc1c(C=O)cccc1OC. The summed E-state index contributed by atoms with van der Waals surface area (Å²) in [6, 6.07) is 9.90. The van der Waals surface area contributed by atoms with Crippen molar-refractivity contribution in [3.8, 4) is 23.0 Å². The highest BCUT2D eigenvalue weighted by Gasteiger charge is 2.13. The summed E-state index contributed by atoms with van der Waals surface area (Å²) in [4.78, 5) is 22.2. The topological polar surface area (TPSA) is 71.1 Å². The molecular formula is C17H16O6. The van der Waals surface area contributed by atoms with Gasteiger partial charge in [0.05, 0.1) is 25.3 Å². The van der Waals surface area contributed by atoms with Gasteiger partial charge >= 0.3 is 0 Å². The van der Waals surface area contributed by atoms with Crippen molar-refractivity contribution >= 4 is 12.6 Å². The van der Waals surface area contributed by atoms with Crippen molar-refractivity contribution < 1.29 is 28.5 Å². The highest BCUT2D eigenvalue weighted by molar-refractivity contribution is 5.81. The van der Waals surface area contributed by atoms with E-state index in [-0.39, 0.29) is 18.3 Å². The Morgan fingerprint density at radius 3 is 1.57 bits per heavy atom. The fourth-order valence-electron chi connectivity index (χ4n) is 2.03. The monoisotopic (exact) mass is 316 g/mol. The number of ether oxygens (including phenoxy) is 4. The van der Waals surface area contributed by atoms with E-state index in [1.807, 2.05) is 0 Å². The zero-order chi connectivity index (χ0) is 16.7. The molecule has 0 N–H and O–H groups in total. The molecule has 0 saturated heterocycles. The van der Waals surface area contributed by atoms with Crippen LogP contribution in [-0.2, 0) is 0 Å². The zero-order valence-corrected chi connectivity index (χ0v) is 12.8. The lowest BCUT2D eigenvalue weighted by Gasteiger charge is -2.15. The van der Waals surface area contributed by atoms with Gasteiger partial charge in [0.1, 0.15) is 0 Å². The van der Waals surface area contributed by atoms with E-state index in [4.69, 9.17) is 18.9 Å². The van der Waals surface area contributed by atoms with Crippen molar-refractivity contribution in [1.82, 2.24) is 0 Å². The summed E-state index contributed by atoms with van der Waals surface area (Å²) in [5.74, 6) is 1.36. The third-order valence-corrected chi connectivity index (χ3v) is 3.12. The van der Waals surface area contributed by atoms with Crippen LogP contribution in [0.1, 0.15) is 20.7 Å². The summed E-state index contributed by atoms with van der Waals surface area (Å²) in [7, 11) is 2.95. The second-order valence-corrected chi connectivity index (χ2v) is 4.40. The molecule has 0 aliphatic rings. The van der Waals surface area contributed by atoms with Crippen LogP contribution in [0.2, 0.25) is 0 Å². The largest absolute Gasteiger partial charge is 0.493 e. The van der Waals surface area contributed by atoms with Gasteiger partial charge < -0.3 is 18.9 Å². The van der Waals surface area contributed by atoms with Crippen LogP contribution < -0.4 is 18.9 Å². The predicted octanol–water partition coefficient (Wildman–Crippen LogP) is 2.74. The Morgan fingerprint density at radius 1 is 0.783 bits per heavy atom. The Kier molecular flexibility index (Phi) is 5.57. The van der Waals surface area contributed by atoms with E-state index in [1.54, 1.807) is 36.4 Å². The molecule has 0 unspecified atom stereocenters. The van der Waals surface area contributed by atoms with Crippen LogP contribution in [0.3, 0.4) is 0 Å². The van der Waals surface area contributed by atoms with Crippen molar-refractivity contribution in [3.05, 3.63) is 47.5 Å². The molecule has 0 bridgehead atoms. The lowest BCUT2D eigenvalue weighted by Crippen LogP contribution is -2.10. The Balaban J connectivity index is 2.18. The minimum Gasteiger partial charge on any atom is -0.493 e. The molecule has 0 aliphatic carbocycles. The van der Waals surface area contributed by atoms with Gasteiger partial charge in [0, 0.05) is 0 Å². The third kappa shape index (κ3) is 3.60. The lowest BCUT2D eigenvalue weighted by molar-refractivity contribution is 0.103. The highest BCUT2D eigenvalue weighted by Crippen LogP contribution is 2.32. The molecule has 0 amide bonds. The molecule has 0 fully saturated rings. The minimum absolute atomic E-state index is 0.220. The molecular weight excluding hydrogens is 300 g/mol. The number of hydrogen-bond donors (Lipinski definition) is 0. The molecule has 0 aliphatic heterocycles. The molecule has 0 radical (unpaired) electrons. The van der Waals surface area contributed by atoms with E-state index in [2.05, 4.69) is 0 Å². The normalized spacial score (nSPS) is 9.83. The molecule has 6 heteroatoms. The summed E-state index contributed by atoms with van der Waals surface area (Å²) >= 11 is 0. The Labute approximate surface area is 133 Å². The van der Waals surface area contributed by atoms with Gasteiger partial charge in [-0.1, -0.05) is 12.1 Å². The molecule has 120 valence electrons. The predicted molar refractivity (Wildman–Crippen MR) is 82.9 cm³/mol. The summed E-state index contributed by atoms with van der Waals surface area (Å²) in [6.07, 6.45) is 1.33. The number of carbonyl (C=O) groups is 2. The molecule has 6 nitrogen and oxygen atoms in total. The molecule has 0 spiro atoms. The van der Waals surface area contributed by atoms with Crippen LogP contribution >= 0.6 is 0 Å². The molecule has 23 heavy (non-hydrogen) atoms. The average molecular weight is 316 g/mol. The van der Waals surface area contributed by atoms with E-state index in [1.165, 1.54) is 14.2 Å². The van der Waals surface area contributed by atoms with Crippen molar-refractivity contribution in [2.24, 2.45) is 0 Å². The van der Waals surface area contributed by atoms with Crippen molar-refractivity contribution in [1.29, 1.82) is 0 Å². The van der Waals surface area contributed by atoms with Gasteiger partial charge in [-0.3, -0.25) is 9.59 Å². The van der Waals surface area contributed by atoms with E-state index >= 15 is 0 Å². The van der Waals surface area contributed by atoms with Crippen molar-refractivity contribution in [2.75, 3.05) is 21.0 Å². The average Bonchev–Trinajstić information content (AvgIpc) is 2.61. The molecule has 0 atom stereocenters. The summed E-state index contributed by atoms with van der Waals surface area (Å²) in [5, 5.41) is 0. The van der Waals surface area contributed by atoms with Crippen LogP contribution in [-0.4, -0.2) is 33.6 Å². The smallest absolute Gasteiger partial charge is 0.231 e. The van der Waals surface area contributed by atoms with Crippen LogP contribution in [0, 0.1) is 0 Å². The first-order valence-electron chi connectivity index (χ1n) is 6.75. The van der Waals surface area contributed by atoms with Gasteiger partial charge in [-0.05, 0) is 24.3 Å². The van der Waals surface area contributed by atoms with E-state index < -0.39 is 0 Å². The van der Waals surface area contributed by atoms with E-state index in [0.29, 0.717) is 35.2 Å². The van der Waals surface area contributed by atoms with Gasteiger partial charge in [-0.15, -0.1) is 0 Å². The fraction of sp³-hybridized carbons (Fsp3) is 0.176. The first-order chi connectivity index (χ1) is 11.2. The molecule has 0 saturated carbocycles. The van der Waals surface area contributed by atoms with Crippen LogP contribution in [0.15, 0.2) is 36.4 Å². The quantitative estimate of drug-likeness (QED) is 0.551. The second-order valence-electron chi connectivity index (χ2n) is 4.40. The lowest BCUT2D eigenvalue weighted by atomic mass is 10.2. The fourth-order valence-corrected chi connectivity index (χ4v) is 2.03. The molecule has 0 aromatic heterocycles. The molecule has 2 aromatic carbocycles. The highest BCUT2D eigenvalue weighted by atomic mass is 16.7. The van der Waals surface area contributed by atoms with Crippen LogP contribution in [0.5, 0.6) is 23.0 Å². The first kappa shape index (κ1) is 16.4. The number of carbonyl (C=O) groups excluding carboxylic acids is 2. The van der Waals surface area contributed by atoms with Gasteiger partial charge in [-0.2, -0.15) is 0 Å². The third-order valence-electron chi connectivity index (χ3n) is 3.12. The van der Waals surface area contributed by atoms with Gasteiger partial charge in [0.25, 0.3) is 0 Å². The number of rotatable bonds is 8. The molecule has 2 rings (SSSR count). The minimum atomic E-state index is -0.220. The van der Waals surface area contributed by atoms with E-state index in [0.717, 1.165) is 0 Å². The summed E-state index contributed by atoms with van der Waals surface area (Å²) in [6.45, 7) is -0.220. The van der Waals surface area contributed by atoms with Gasteiger partial charge in [0.2, 0.25) is 6.79 Å². The number of benzene rings is 2. The van der Waals surface area contributed by atoms with Crippen molar-refractivity contribution in [2.45, 2.75) is 0 Å². The summed E-state index contributed by atoms with van der Waals surface area (Å²) in [5.41, 5.74) is 0.673. The maximum Gasteiger partial charge on any atom is 0.231 e. The van der Waals surface area contributed by atoms with Gasteiger partial charge in [0.15, 0.2) is 35.6 Å². The Hall–Kier alpha value is -3.02. The van der Waals surface area contributed by atoms with Crippen LogP contribution in [0.4, 0.5) is 0 Å². The van der Waals surface area contributed by atoms with Gasteiger partial charge in [-0.25, -0.2) is 0 Å². The molecule has 0 heterocycles. The number of hydrogen-bond acceptors (Lipinski definition) is 6. The second kappa shape index (κ2) is 7.84. The van der Waals surface area contributed by atoms with E-state index in [9.17, 15) is 9.59 Å². The number of aldehydes is 2. The Bertz CT molecular complexity index is 636. The van der Waals surface area contributed by atoms with Crippen LogP contribution in [0.25, 0.3) is 0 Å². The number of methoxy groups -OCH3 is 2. The number of para-hydroxylation sites is 2.